The van der Waals surface area contributed by atoms with E-state index in [-0.39, 0.29) is 17.0 Å². The molecule has 0 spiro atoms. The summed E-state index contributed by atoms with van der Waals surface area (Å²) in [6.45, 7) is 5.75. The molecule has 1 N–H and O–H groups in total. The van der Waals surface area contributed by atoms with Crippen LogP contribution < -0.4 is 4.90 Å². The number of ketones is 1. The highest BCUT2D eigenvalue weighted by Crippen LogP contribution is 2.45. The maximum absolute atomic E-state index is 13.6. The van der Waals surface area contributed by atoms with Crippen molar-refractivity contribution in [2.75, 3.05) is 4.90 Å². The van der Waals surface area contributed by atoms with Crippen LogP contribution >= 0.6 is 27.3 Å². The molecule has 184 valence electrons. The van der Waals surface area contributed by atoms with E-state index in [2.05, 4.69) is 25.9 Å². The number of fused-ring (bicyclic) bond motifs is 2. The minimum atomic E-state index is -0.871. The van der Waals surface area contributed by atoms with Crippen LogP contribution in [0.3, 0.4) is 0 Å². The maximum Gasteiger partial charge on any atom is 0.301 e. The quantitative estimate of drug-likeness (QED) is 0.157. The number of halogens is 1. The first-order valence-corrected chi connectivity index (χ1v) is 13.2. The Hall–Kier alpha value is -3.82. The lowest BCUT2D eigenvalue weighted by Gasteiger charge is -2.23. The van der Waals surface area contributed by atoms with Crippen LogP contribution in [0.5, 0.6) is 0 Å². The molecular weight excluding hydrogens is 552 g/mol. The number of rotatable bonds is 3. The smallest absolute Gasteiger partial charge is 0.301 e. The van der Waals surface area contributed by atoms with Crippen molar-refractivity contribution < 1.29 is 14.7 Å². The van der Waals surface area contributed by atoms with Crippen molar-refractivity contribution in [3.8, 4) is 0 Å². The fraction of sp³-hybridized carbons (Fsp3) is 0.143. The summed E-state index contributed by atoms with van der Waals surface area (Å²) in [4.78, 5) is 37.8. The molecule has 7 nitrogen and oxygen atoms in total. The third kappa shape index (κ3) is 3.69. The van der Waals surface area contributed by atoms with Crippen molar-refractivity contribution in [1.29, 1.82) is 0 Å². The number of aryl methyl sites for hydroxylation is 3. The fourth-order valence-electron chi connectivity index (χ4n) is 4.82. The summed E-state index contributed by atoms with van der Waals surface area (Å²) in [7, 11) is 0. The molecule has 37 heavy (non-hydrogen) atoms. The number of Topliss-reactive ketones (excluding diaryl/α,β-unsaturated/α-hetero) is 1. The Balaban J connectivity index is 1.61. The molecule has 0 saturated carbocycles. The molecule has 1 atom stereocenters. The van der Waals surface area contributed by atoms with Gasteiger partial charge in [0, 0.05) is 10.7 Å². The van der Waals surface area contributed by atoms with Crippen LogP contribution in [0.15, 0.2) is 70.8 Å². The van der Waals surface area contributed by atoms with E-state index in [4.69, 9.17) is 0 Å². The number of hydrogen-bond donors (Lipinski definition) is 1. The highest BCUT2D eigenvalue weighted by atomic mass is 79.9. The zero-order valence-electron chi connectivity index (χ0n) is 20.2. The second-order valence-corrected chi connectivity index (χ2v) is 11.0. The Morgan fingerprint density at radius 2 is 1.84 bits per heavy atom. The van der Waals surface area contributed by atoms with E-state index in [0.717, 1.165) is 25.8 Å². The van der Waals surface area contributed by atoms with Gasteiger partial charge in [-0.2, -0.15) is 0 Å². The summed E-state index contributed by atoms with van der Waals surface area (Å²) < 4.78 is 3.57. The Morgan fingerprint density at radius 3 is 2.59 bits per heavy atom. The summed E-state index contributed by atoms with van der Waals surface area (Å²) in [6, 6.07) is 16.2. The normalized spacial score (nSPS) is 17.4. The molecule has 5 aromatic rings. The van der Waals surface area contributed by atoms with E-state index < -0.39 is 17.7 Å². The number of carbonyl (C=O) groups excluding carboxylic acids is 2. The van der Waals surface area contributed by atoms with E-state index in [0.29, 0.717) is 22.0 Å². The zero-order valence-corrected chi connectivity index (χ0v) is 22.6. The molecule has 0 bridgehead atoms. The van der Waals surface area contributed by atoms with Crippen LogP contribution in [0.2, 0.25) is 0 Å². The van der Waals surface area contributed by atoms with Crippen molar-refractivity contribution >= 4 is 65.7 Å². The van der Waals surface area contributed by atoms with Crippen LogP contribution in [0.1, 0.15) is 34.1 Å². The highest BCUT2D eigenvalue weighted by Gasteiger charge is 2.48. The van der Waals surface area contributed by atoms with Gasteiger partial charge in [-0.25, -0.2) is 9.97 Å². The van der Waals surface area contributed by atoms with Gasteiger partial charge >= 0.3 is 5.91 Å². The van der Waals surface area contributed by atoms with E-state index in [1.165, 1.54) is 16.2 Å². The van der Waals surface area contributed by atoms with E-state index in [9.17, 15) is 14.7 Å². The van der Waals surface area contributed by atoms with Gasteiger partial charge in [-0.05, 0) is 67.8 Å². The van der Waals surface area contributed by atoms with Crippen molar-refractivity contribution in [2.45, 2.75) is 26.8 Å². The van der Waals surface area contributed by atoms with Gasteiger partial charge in [-0.15, -0.1) is 0 Å². The second-order valence-electron chi connectivity index (χ2n) is 9.12. The number of imidazole rings is 1. The number of aromatic nitrogens is 3. The molecule has 1 saturated heterocycles. The molecule has 4 heterocycles. The molecule has 1 aliphatic rings. The molecule has 6 rings (SSSR count). The summed E-state index contributed by atoms with van der Waals surface area (Å²) in [5, 5.41) is 12.0. The maximum atomic E-state index is 13.6. The van der Waals surface area contributed by atoms with E-state index >= 15 is 0 Å². The third-order valence-corrected chi connectivity index (χ3v) is 8.17. The van der Waals surface area contributed by atoms with E-state index in [1.54, 1.807) is 0 Å². The van der Waals surface area contributed by atoms with Gasteiger partial charge in [0.05, 0.1) is 27.5 Å². The molecule has 0 aliphatic carbocycles. The topological polar surface area (TPSA) is 87.8 Å². The summed E-state index contributed by atoms with van der Waals surface area (Å²) in [6.07, 6.45) is 1.86. The first-order valence-electron chi connectivity index (χ1n) is 11.6. The zero-order chi connectivity index (χ0) is 26.0. The highest BCUT2D eigenvalue weighted by molar-refractivity contribution is 9.10. The molecular formula is C28H21BrN4O3S. The summed E-state index contributed by atoms with van der Waals surface area (Å²) >= 11 is 4.84. The Kier molecular flexibility index (Phi) is 5.50. The predicted molar refractivity (Wildman–Crippen MR) is 148 cm³/mol. The number of hydrogen-bond acceptors (Lipinski definition) is 6. The average Bonchev–Trinajstić information content (AvgIpc) is 3.51. The molecule has 3 aromatic heterocycles. The van der Waals surface area contributed by atoms with Gasteiger partial charge < -0.3 is 9.51 Å². The number of pyridine rings is 1. The number of benzene rings is 2. The number of nitrogens with zero attached hydrogens (tertiary/aromatic N) is 4. The lowest BCUT2D eigenvalue weighted by Crippen LogP contribution is -2.29. The van der Waals surface area contributed by atoms with Crippen LogP contribution in [-0.2, 0) is 9.59 Å². The van der Waals surface area contributed by atoms with Gasteiger partial charge in [0.25, 0.3) is 5.78 Å². The average molecular weight is 573 g/mol. The van der Waals surface area contributed by atoms with Crippen LogP contribution in [-0.4, -0.2) is 31.2 Å². The standard InChI is InChI=1S/C28H21BrN4O3S/c1-14-9-10-19-20(12-14)37-28(30-19)33-23(17-7-4-8-18(29)13-17)21(25(35)27(33)36)24(34)22-16(3)32-11-5-6-15(2)26(32)31-22/h4-13,23,34H,1-3H3. The lowest BCUT2D eigenvalue weighted by molar-refractivity contribution is -0.132. The Morgan fingerprint density at radius 1 is 1.03 bits per heavy atom. The number of aliphatic hydroxyl groups is 1. The lowest BCUT2D eigenvalue weighted by atomic mass is 9.96. The number of thiazole rings is 1. The second kappa shape index (κ2) is 8.64. The van der Waals surface area contributed by atoms with Crippen molar-refractivity contribution in [1.82, 2.24) is 14.4 Å². The molecule has 1 fully saturated rings. The van der Waals surface area contributed by atoms with Crippen molar-refractivity contribution in [2.24, 2.45) is 0 Å². The van der Waals surface area contributed by atoms with Crippen LogP contribution in [0.25, 0.3) is 21.6 Å². The first-order chi connectivity index (χ1) is 17.7. The van der Waals surface area contributed by atoms with Crippen molar-refractivity contribution in [3.05, 3.63) is 98.9 Å². The monoisotopic (exact) mass is 572 g/mol. The molecule has 2 aromatic carbocycles. The van der Waals surface area contributed by atoms with Gasteiger partial charge in [0.2, 0.25) is 0 Å². The van der Waals surface area contributed by atoms with Gasteiger partial charge in [-0.3, -0.25) is 14.5 Å². The number of aliphatic hydroxyl groups excluding tert-OH is 1. The van der Waals surface area contributed by atoms with Crippen LogP contribution in [0, 0.1) is 20.8 Å². The largest absolute Gasteiger partial charge is 0.505 e. The molecule has 1 unspecified atom stereocenters. The molecule has 1 amide bonds. The minimum Gasteiger partial charge on any atom is -0.505 e. The Labute approximate surface area is 224 Å². The number of anilines is 1. The van der Waals surface area contributed by atoms with Gasteiger partial charge in [0.1, 0.15) is 11.3 Å². The van der Waals surface area contributed by atoms with Gasteiger partial charge in [-0.1, -0.05) is 51.5 Å². The fourth-order valence-corrected chi connectivity index (χ4v) is 6.33. The number of carbonyl (C=O) groups is 2. The molecule has 9 heteroatoms. The van der Waals surface area contributed by atoms with Crippen molar-refractivity contribution in [3.63, 3.8) is 0 Å². The number of amides is 1. The summed E-state index contributed by atoms with van der Waals surface area (Å²) in [5.74, 6) is -1.81. The third-order valence-electron chi connectivity index (χ3n) is 6.66. The predicted octanol–water partition coefficient (Wildman–Crippen LogP) is 6.26. The molecule has 0 radical (unpaired) electrons. The minimum absolute atomic E-state index is 0.0114. The SMILES string of the molecule is Cc1ccc2nc(N3C(=O)C(=O)C(=C(O)c4nc5c(C)cccn5c4C)C3c3cccc(Br)c3)sc2c1. The Bertz CT molecular complexity index is 1800. The summed E-state index contributed by atoms with van der Waals surface area (Å²) in [5.41, 5.74) is 5.02. The first kappa shape index (κ1) is 23.6. The van der Waals surface area contributed by atoms with Gasteiger partial charge in [0.15, 0.2) is 10.9 Å². The molecule has 1 aliphatic heterocycles. The van der Waals surface area contributed by atoms with Crippen LogP contribution in [0.4, 0.5) is 5.13 Å². The van der Waals surface area contributed by atoms with E-state index in [1.807, 2.05) is 86.0 Å².